The van der Waals surface area contributed by atoms with Crippen LogP contribution in [0.4, 0.5) is 5.69 Å². The predicted molar refractivity (Wildman–Crippen MR) is 81.2 cm³/mol. The monoisotopic (exact) mass is 288 g/mol. The van der Waals surface area contributed by atoms with E-state index in [0.29, 0.717) is 11.8 Å². The highest BCUT2D eigenvalue weighted by Crippen LogP contribution is 2.31. The Kier molecular flexibility index (Phi) is 3.64. The van der Waals surface area contributed by atoms with Crippen molar-refractivity contribution < 1.29 is 4.74 Å². The summed E-state index contributed by atoms with van der Waals surface area (Å²) in [6, 6.07) is 14.2. The first-order valence-corrected chi connectivity index (χ1v) is 7.11. The fourth-order valence-electron chi connectivity index (χ4n) is 2.64. The lowest BCUT2D eigenvalue weighted by atomic mass is 9.93. The molecule has 2 heterocycles. The van der Waals surface area contributed by atoms with Crippen LogP contribution in [0.5, 0.6) is 0 Å². The van der Waals surface area contributed by atoms with E-state index in [0.717, 1.165) is 18.8 Å². The summed E-state index contributed by atoms with van der Waals surface area (Å²) < 4.78 is 6.04. The highest BCUT2D eigenvalue weighted by atomic mass is 35.5. The van der Waals surface area contributed by atoms with Crippen molar-refractivity contribution in [3.8, 4) is 0 Å². The standard InChI is InChI=1S/C16H17ClN2O/c1-16(13-5-3-2-4-6-13)12-19(9-10-20-16)14-7-8-18-15(17)11-14/h2-8,11H,9-10,12H2,1H3. The fraction of sp³-hybridized carbons (Fsp3) is 0.312. The zero-order valence-electron chi connectivity index (χ0n) is 11.4. The Bertz CT molecular complexity index is 590. The highest BCUT2D eigenvalue weighted by Gasteiger charge is 2.33. The molecule has 0 spiro atoms. The first-order chi connectivity index (χ1) is 9.67. The zero-order valence-corrected chi connectivity index (χ0v) is 12.2. The first kappa shape index (κ1) is 13.4. The van der Waals surface area contributed by atoms with Crippen molar-refractivity contribution in [3.05, 3.63) is 59.4 Å². The molecule has 20 heavy (non-hydrogen) atoms. The van der Waals surface area contributed by atoms with Crippen LogP contribution in [0.2, 0.25) is 5.15 Å². The molecule has 1 aliphatic heterocycles. The molecule has 0 amide bonds. The van der Waals surface area contributed by atoms with Gasteiger partial charge in [0, 0.05) is 18.4 Å². The molecular weight excluding hydrogens is 272 g/mol. The molecule has 1 saturated heterocycles. The van der Waals surface area contributed by atoms with Gasteiger partial charge in [0.15, 0.2) is 0 Å². The van der Waals surface area contributed by atoms with E-state index in [1.807, 2.05) is 30.3 Å². The first-order valence-electron chi connectivity index (χ1n) is 6.73. The third-order valence-corrected chi connectivity index (χ3v) is 3.94. The summed E-state index contributed by atoms with van der Waals surface area (Å²) in [4.78, 5) is 6.33. The van der Waals surface area contributed by atoms with Crippen LogP contribution in [-0.2, 0) is 10.3 Å². The van der Waals surface area contributed by atoms with Gasteiger partial charge >= 0.3 is 0 Å². The smallest absolute Gasteiger partial charge is 0.131 e. The highest BCUT2D eigenvalue weighted by molar-refractivity contribution is 6.29. The van der Waals surface area contributed by atoms with E-state index in [4.69, 9.17) is 16.3 Å². The molecular formula is C16H17ClN2O. The normalized spacial score (nSPS) is 22.8. The number of anilines is 1. The summed E-state index contributed by atoms with van der Waals surface area (Å²) >= 11 is 5.98. The second-order valence-electron chi connectivity index (χ2n) is 5.20. The van der Waals surface area contributed by atoms with Crippen LogP contribution in [0.1, 0.15) is 12.5 Å². The second kappa shape index (κ2) is 5.43. The number of nitrogens with zero attached hydrogens (tertiary/aromatic N) is 2. The minimum atomic E-state index is -0.296. The maximum absolute atomic E-state index is 6.04. The quantitative estimate of drug-likeness (QED) is 0.791. The molecule has 0 aliphatic carbocycles. The van der Waals surface area contributed by atoms with Crippen molar-refractivity contribution in [2.45, 2.75) is 12.5 Å². The minimum Gasteiger partial charge on any atom is -0.367 e. The van der Waals surface area contributed by atoms with Crippen LogP contribution in [0.3, 0.4) is 0 Å². The lowest BCUT2D eigenvalue weighted by Gasteiger charge is -2.42. The Morgan fingerprint density at radius 1 is 1.25 bits per heavy atom. The van der Waals surface area contributed by atoms with E-state index < -0.39 is 0 Å². The molecule has 3 nitrogen and oxygen atoms in total. The molecule has 104 valence electrons. The van der Waals surface area contributed by atoms with Crippen LogP contribution >= 0.6 is 11.6 Å². The minimum absolute atomic E-state index is 0.296. The van der Waals surface area contributed by atoms with E-state index in [-0.39, 0.29) is 5.60 Å². The summed E-state index contributed by atoms with van der Waals surface area (Å²) in [7, 11) is 0. The van der Waals surface area contributed by atoms with Crippen LogP contribution in [0, 0.1) is 0 Å². The van der Waals surface area contributed by atoms with Gasteiger partial charge in [-0.15, -0.1) is 0 Å². The lowest BCUT2D eigenvalue weighted by Crippen LogP contribution is -2.48. The Hall–Kier alpha value is -1.58. The molecule has 1 atom stereocenters. The number of pyridine rings is 1. The molecule has 1 unspecified atom stereocenters. The molecule has 2 aromatic rings. The molecule has 4 heteroatoms. The summed E-state index contributed by atoms with van der Waals surface area (Å²) in [5.41, 5.74) is 2.00. The SMILES string of the molecule is CC1(c2ccccc2)CN(c2ccnc(Cl)c2)CCO1. The topological polar surface area (TPSA) is 25.4 Å². The largest absolute Gasteiger partial charge is 0.367 e. The van der Waals surface area contributed by atoms with Gasteiger partial charge in [0.2, 0.25) is 0 Å². The predicted octanol–water partition coefficient (Wildman–Crippen LogP) is 3.49. The Morgan fingerprint density at radius 2 is 2.05 bits per heavy atom. The molecule has 3 rings (SSSR count). The Labute approximate surface area is 124 Å². The molecule has 0 bridgehead atoms. The Morgan fingerprint density at radius 3 is 2.80 bits per heavy atom. The zero-order chi connectivity index (χ0) is 14.0. The molecule has 0 saturated carbocycles. The fourth-order valence-corrected chi connectivity index (χ4v) is 2.81. The van der Waals surface area contributed by atoms with Gasteiger partial charge in [-0.2, -0.15) is 0 Å². The third-order valence-electron chi connectivity index (χ3n) is 3.73. The number of morpholine rings is 1. The van der Waals surface area contributed by atoms with E-state index in [1.165, 1.54) is 5.56 Å². The maximum Gasteiger partial charge on any atom is 0.131 e. The molecule has 0 radical (unpaired) electrons. The van der Waals surface area contributed by atoms with Gasteiger partial charge in [-0.3, -0.25) is 0 Å². The number of rotatable bonds is 2. The third kappa shape index (κ3) is 2.65. The van der Waals surface area contributed by atoms with Gasteiger partial charge in [0.25, 0.3) is 0 Å². The number of hydrogen-bond acceptors (Lipinski definition) is 3. The van der Waals surface area contributed by atoms with Crippen molar-refractivity contribution in [2.75, 3.05) is 24.6 Å². The van der Waals surface area contributed by atoms with Gasteiger partial charge in [-0.1, -0.05) is 41.9 Å². The van der Waals surface area contributed by atoms with Crippen LogP contribution in [0.25, 0.3) is 0 Å². The number of benzene rings is 1. The molecule has 1 aromatic heterocycles. The molecule has 1 fully saturated rings. The summed E-state index contributed by atoms with van der Waals surface area (Å²) in [6.45, 7) is 4.50. The van der Waals surface area contributed by atoms with Gasteiger partial charge in [0.1, 0.15) is 10.8 Å². The van der Waals surface area contributed by atoms with Crippen molar-refractivity contribution in [3.63, 3.8) is 0 Å². The van der Waals surface area contributed by atoms with Crippen molar-refractivity contribution >= 4 is 17.3 Å². The van der Waals surface area contributed by atoms with Gasteiger partial charge in [0.05, 0.1) is 13.2 Å². The lowest BCUT2D eigenvalue weighted by molar-refractivity contribution is -0.0465. The van der Waals surface area contributed by atoms with Crippen molar-refractivity contribution in [1.82, 2.24) is 4.98 Å². The number of halogens is 1. The van der Waals surface area contributed by atoms with E-state index in [9.17, 15) is 0 Å². The van der Waals surface area contributed by atoms with Crippen molar-refractivity contribution in [2.24, 2.45) is 0 Å². The maximum atomic E-state index is 6.04. The van der Waals surface area contributed by atoms with Crippen LogP contribution in [-0.4, -0.2) is 24.7 Å². The van der Waals surface area contributed by atoms with Gasteiger partial charge < -0.3 is 9.64 Å². The molecule has 1 aliphatic rings. The van der Waals surface area contributed by atoms with E-state index in [2.05, 4.69) is 28.9 Å². The van der Waals surface area contributed by atoms with Gasteiger partial charge in [-0.25, -0.2) is 4.98 Å². The second-order valence-corrected chi connectivity index (χ2v) is 5.59. The summed E-state index contributed by atoms with van der Waals surface area (Å²) in [5, 5.41) is 0.524. The summed E-state index contributed by atoms with van der Waals surface area (Å²) in [6.07, 6.45) is 1.74. The van der Waals surface area contributed by atoms with E-state index >= 15 is 0 Å². The Balaban J connectivity index is 1.87. The summed E-state index contributed by atoms with van der Waals surface area (Å²) in [5.74, 6) is 0. The van der Waals surface area contributed by atoms with E-state index in [1.54, 1.807) is 6.20 Å². The van der Waals surface area contributed by atoms with Crippen LogP contribution < -0.4 is 4.90 Å². The number of hydrogen-bond donors (Lipinski definition) is 0. The van der Waals surface area contributed by atoms with Crippen molar-refractivity contribution in [1.29, 1.82) is 0 Å². The van der Waals surface area contributed by atoms with Crippen LogP contribution in [0.15, 0.2) is 48.7 Å². The average Bonchev–Trinajstić information content (AvgIpc) is 2.48. The number of aromatic nitrogens is 1. The molecule has 0 N–H and O–H groups in total. The average molecular weight is 289 g/mol. The number of ether oxygens (including phenoxy) is 1. The molecule has 1 aromatic carbocycles. The van der Waals surface area contributed by atoms with Gasteiger partial charge in [-0.05, 0) is 24.6 Å².